The van der Waals surface area contributed by atoms with Crippen LogP contribution in [0.15, 0.2) is 36.4 Å². The first-order chi connectivity index (χ1) is 9.58. The summed E-state index contributed by atoms with van der Waals surface area (Å²) in [5.74, 6) is -3.58. The van der Waals surface area contributed by atoms with Gasteiger partial charge in [-0.25, -0.2) is 13.2 Å². The van der Waals surface area contributed by atoms with Crippen LogP contribution in [0.3, 0.4) is 0 Å². The fraction of sp³-hybridized carbons (Fsp3) is 0.250. The average Bonchev–Trinajstić information content (AvgIpc) is 2.45. The van der Waals surface area contributed by atoms with Crippen LogP contribution in [0.1, 0.15) is 24.1 Å². The molecule has 3 rings (SSSR count). The van der Waals surface area contributed by atoms with E-state index in [1.54, 1.807) is 0 Å². The third-order valence-corrected chi connectivity index (χ3v) is 3.84. The number of rotatable bonds is 1. The summed E-state index contributed by atoms with van der Waals surface area (Å²) in [4.78, 5) is 0. The van der Waals surface area contributed by atoms with Crippen molar-refractivity contribution in [1.29, 1.82) is 0 Å². The molecule has 2 unspecified atom stereocenters. The van der Waals surface area contributed by atoms with Gasteiger partial charge in [-0.1, -0.05) is 31.2 Å². The van der Waals surface area contributed by atoms with E-state index in [2.05, 4.69) is 5.32 Å². The van der Waals surface area contributed by atoms with Crippen molar-refractivity contribution < 1.29 is 13.2 Å². The van der Waals surface area contributed by atoms with Gasteiger partial charge in [-0.05, 0) is 30.0 Å². The lowest BCUT2D eigenvalue weighted by Gasteiger charge is -2.33. The first kappa shape index (κ1) is 13.0. The smallest absolute Gasteiger partial charge is 0.194 e. The van der Waals surface area contributed by atoms with Crippen LogP contribution in [0.4, 0.5) is 18.9 Å². The van der Waals surface area contributed by atoms with E-state index in [-0.39, 0.29) is 17.5 Å². The first-order valence-corrected chi connectivity index (χ1v) is 6.55. The first-order valence-electron chi connectivity index (χ1n) is 6.55. The summed E-state index contributed by atoms with van der Waals surface area (Å²) in [7, 11) is 0. The standard InChI is InChI=1S/C16H14F3N/c1-9-8-10-4-2-3-5-13(10)20-16(9)11-6-7-12(17)15(19)14(11)18/h2-7,9,16,20H,8H2,1H3. The van der Waals surface area contributed by atoms with Crippen LogP contribution in [0.2, 0.25) is 0 Å². The Hall–Kier alpha value is -1.97. The summed E-state index contributed by atoms with van der Waals surface area (Å²) in [6, 6.07) is 9.69. The van der Waals surface area contributed by atoms with Gasteiger partial charge in [-0.3, -0.25) is 0 Å². The topological polar surface area (TPSA) is 12.0 Å². The maximum atomic E-state index is 13.9. The highest BCUT2D eigenvalue weighted by Gasteiger charge is 2.29. The van der Waals surface area contributed by atoms with Crippen molar-refractivity contribution in [3.63, 3.8) is 0 Å². The third-order valence-electron chi connectivity index (χ3n) is 3.84. The van der Waals surface area contributed by atoms with Gasteiger partial charge < -0.3 is 5.32 Å². The molecule has 0 radical (unpaired) electrons. The van der Waals surface area contributed by atoms with E-state index in [1.807, 2.05) is 31.2 Å². The van der Waals surface area contributed by atoms with Crippen molar-refractivity contribution in [1.82, 2.24) is 0 Å². The van der Waals surface area contributed by atoms with Gasteiger partial charge in [-0.15, -0.1) is 0 Å². The molecule has 0 bridgehead atoms. The van der Waals surface area contributed by atoms with Crippen LogP contribution in [0, 0.1) is 23.4 Å². The Morgan fingerprint density at radius 2 is 1.75 bits per heavy atom. The second-order valence-electron chi connectivity index (χ2n) is 5.23. The summed E-state index contributed by atoms with van der Waals surface area (Å²) in [5.41, 5.74) is 2.24. The molecule has 2 aromatic rings. The molecule has 1 heterocycles. The Morgan fingerprint density at radius 1 is 1.00 bits per heavy atom. The summed E-state index contributed by atoms with van der Waals surface area (Å²) in [6.45, 7) is 1.97. The highest BCUT2D eigenvalue weighted by Crippen LogP contribution is 2.37. The van der Waals surface area contributed by atoms with E-state index in [0.717, 1.165) is 23.7 Å². The molecule has 20 heavy (non-hydrogen) atoms. The van der Waals surface area contributed by atoms with E-state index in [4.69, 9.17) is 0 Å². The lowest BCUT2D eigenvalue weighted by Crippen LogP contribution is -2.27. The van der Waals surface area contributed by atoms with E-state index >= 15 is 0 Å². The molecule has 0 aliphatic carbocycles. The fourth-order valence-electron chi connectivity index (χ4n) is 2.78. The number of fused-ring (bicyclic) bond motifs is 1. The maximum Gasteiger partial charge on any atom is 0.194 e. The fourth-order valence-corrected chi connectivity index (χ4v) is 2.78. The monoisotopic (exact) mass is 277 g/mol. The Labute approximate surface area is 115 Å². The molecule has 0 saturated carbocycles. The minimum atomic E-state index is -1.41. The predicted molar refractivity (Wildman–Crippen MR) is 72.0 cm³/mol. The third kappa shape index (κ3) is 2.05. The summed E-state index contributed by atoms with van der Waals surface area (Å²) in [5, 5.41) is 3.22. The zero-order valence-corrected chi connectivity index (χ0v) is 11.0. The van der Waals surface area contributed by atoms with Crippen LogP contribution in [-0.2, 0) is 6.42 Å². The summed E-state index contributed by atoms with van der Waals surface area (Å²) >= 11 is 0. The van der Waals surface area contributed by atoms with Gasteiger partial charge in [0, 0.05) is 11.3 Å². The van der Waals surface area contributed by atoms with E-state index in [9.17, 15) is 13.2 Å². The molecule has 1 aliphatic heterocycles. The highest BCUT2D eigenvalue weighted by atomic mass is 19.2. The van der Waals surface area contributed by atoms with Crippen molar-refractivity contribution >= 4 is 5.69 Å². The number of para-hydroxylation sites is 1. The summed E-state index contributed by atoms with van der Waals surface area (Å²) in [6.07, 6.45) is 0.770. The molecule has 0 aromatic heterocycles. The minimum Gasteiger partial charge on any atom is -0.378 e. The van der Waals surface area contributed by atoms with Crippen molar-refractivity contribution in [3.05, 3.63) is 65.0 Å². The van der Waals surface area contributed by atoms with Gasteiger partial charge in [0.1, 0.15) is 0 Å². The van der Waals surface area contributed by atoms with Crippen molar-refractivity contribution in [2.45, 2.75) is 19.4 Å². The Balaban J connectivity index is 2.02. The lowest BCUT2D eigenvalue weighted by molar-refractivity contribution is 0.414. The Morgan fingerprint density at radius 3 is 2.55 bits per heavy atom. The number of hydrogen-bond donors (Lipinski definition) is 1. The van der Waals surface area contributed by atoms with Gasteiger partial charge in [0.15, 0.2) is 17.5 Å². The van der Waals surface area contributed by atoms with E-state index in [0.29, 0.717) is 0 Å². The van der Waals surface area contributed by atoms with Crippen LogP contribution in [0.5, 0.6) is 0 Å². The van der Waals surface area contributed by atoms with Crippen molar-refractivity contribution in [3.8, 4) is 0 Å². The molecule has 0 amide bonds. The number of anilines is 1. The summed E-state index contributed by atoms with van der Waals surface area (Å²) < 4.78 is 40.4. The number of benzene rings is 2. The second kappa shape index (κ2) is 4.85. The second-order valence-corrected chi connectivity index (χ2v) is 5.23. The SMILES string of the molecule is CC1Cc2ccccc2NC1c1ccc(F)c(F)c1F. The normalized spacial score (nSPS) is 21.2. The molecular weight excluding hydrogens is 263 g/mol. The zero-order valence-electron chi connectivity index (χ0n) is 11.0. The molecule has 104 valence electrons. The Kier molecular flexibility index (Phi) is 3.16. The van der Waals surface area contributed by atoms with Crippen LogP contribution >= 0.6 is 0 Å². The van der Waals surface area contributed by atoms with Crippen LogP contribution in [-0.4, -0.2) is 0 Å². The molecule has 2 aromatic carbocycles. The molecule has 4 heteroatoms. The molecule has 0 fully saturated rings. The highest BCUT2D eigenvalue weighted by molar-refractivity contribution is 5.55. The average molecular weight is 277 g/mol. The van der Waals surface area contributed by atoms with Gasteiger partial charge >= 0.3 is 0 Å². The molecule has 1 N–H and O–H groups in total. The number of halogens is 3. The molecule has 0 spiro atoms. The minimum absolute atomic E-state index is 0.0873. The molecule has 1 nitrogen and oxygen atoms in total. The van der Waals surface area contributed by atoms with Crippen LogP contribution < -0.4 is 5.32 Å². The van der Waals surface area contributed by atoms with Gasteiger partial charge in [-0.2, -0.15) is 0 Å². The molecular formula is C16H14F3N. The lowest BCUT2D eigenvalue weighted by atomic mass is 9.84. The molecule has 1 aliphatic rings. The number of nitrogens with one attached hydrogen (secondary N) is 1. The van der Waals surface area contributed by atoms with E-state index in [1.165, 1.54) is 6.07 Å². The Bertz CT molecular complexity index is 654. The molecule has 2 atom stereocenters. The van der Waals surface area contributed by atoms with Gasteiger partial charge in [0.05, 0.1) is 6.04 Å². The maximum absolute atomic E-state index is 13.9. The quantitative estimate of drug-likeness (QED) is 0.759. The largest absolute Gasteiger partial charge is 0.378 e. The van der Waals surface area contributed by atoms with Crippen molar-refractivity contribution in [2.75, 3.05) is 5.32 Å². The van der Waals surface area contributed by atoms with Gasteiger partial charge in [0.2, 0.25) is 0 Å². The predicted octanol–water partition coefficient (Wildman–Crippen LogP) is 4.45. The molecule has 0 saturated heterocycles. The van der Waals surface area contributed by atoms with Crippen LogP contribution in [0.25, 0.3) is 0 Å². The van der Waals surface area contributed by atoms with Crippen molar-refractivity contribution in [2.24, 2.45) is 5.92 Å². The van der Waals surface area contributed by atoms with Gasteiger partial charge in [0.25, 0.3) is 0 Å². The van der Waals surface area contributed by atoms with E-state index < -0.39 is 17.5 Å². The number of hydrogen-bond acceptors (Lipinski definition) is 1. The zero-order chi connectivity index (χ0) is 14.3.